The van der Waals surface area contributed by atoms with Gasteiger partial charge in [-0.3, -0.25) is 14.2 Å². The lowest BCUT2D eigenvalue weighted by Gasteiger charge is -2.13. The largest absolute Gasteiger partial charge is 0.492 e. The standard InChI is InChI=1S/C23H27N3O3S/c1-3-4-13-26-22(28)19-10-5-6-11-20(19)25-23(26)30-16-21(27)24-12-14-29-18-9-7-8-17(2)15-18/h5-11,15H,3-4,12-14,16H2,1-2H3,(H,24,27). The number of unbranched alkanes of at least 4 members (excludes halogenated alkanes) is 1. The van der Waals surface area contributed by atoms with Crippen molar-refractivity contribution in [1.82, 2.24) is 14.9 Å². The maximum atomic E-state index is 12.9. The van der Waals surface area contributed by atoms with Crippen LogP contribution in [0.1, 0.15) is 25.3 Å². The predicted molar refractivity (Wildman–Crippen MR) is 121 cm³/mol. The van der Waals surface area contributed by atoms with Crippen LogP contribution < -0.4 is 15.6 Å². The molecule has 0 aliphatic carbocycles. The number of aryl methyl sites for hydroxylation is 1. The molecule has 1 heterocycles. The average molecular weight is 426 g/mol. The number of hydrogen-bond donors (Lipinski definition) is 1. The topological polar surface area (TPSA) is 73.2 Å². The fourth-order valence-electron chi connectivity index (χ4n) is 3.02. The molecule has 0 aliphatic rings. The minimum Gasteiger partial charge on any atom is -0.492 e. The fraction of sp³-hybridized carbons (Fsp3) is 0.348. The van der Waals surface area contributed by atoms with Gasteiger partial charge in [-0.15, -0.1) is 0 Å². The molecule has 0 spiro atoms. The molecule has 0 unspecified atom stereocenters. The lowest BCUT2D eigenvalue weighted by molar-refractivity contribution is -0.118. The first-order valence-corrected chi connectivity index (χ1v) is 11.2. The summed E-state index contributed by atoms with van der Waals surface area (Å²) in [6.07, 6.45) is 1.86. The molecular formula is C23H27N3O3S. The lowest BCUT2D eigenvalue weighted by atomic mass is 10.2. The third-order valence-electron chi connectivity index (χ3n) is 4.58. The van der Waals surface area contributed by atoms with E-state index in [0.29, 0.717) is 35.8 Å². The molecule has 0 aliphatic heterocycles. The van der Waals surface area contributed by atoms with E-state index in [1.54, 1.807) is 10.6 Å². The number of fused-ring (bicyclic) bond motifs is 1. The monoisotopic (exact) mass is 425 g/mol. The zero-order valence-corrected chi connectivity index (χ0v) is 18.2. The second-order valence-corrected chi connectivity index (χ2v) is 7.97. The molecule has 3 rings (SSSR count). The van der Waals surface area contributed by atoms with E-state index in [4.69, 9.17) is 4.74 Å². The summed E-state index contributed by atoms with van der Waals surface area (Å²) in [5.41, 5.74) is 1.73. The van der Waals surface area contributed by atoms with Gasteiger partial charge in [0.25, 0.3) is 5.56 Å². The Hall–Kier alpha value is -2.80. The maximum absolute atomic E-state index is 12.9. The molecule has 3 aromatic rings. The van der Waals surface area contributed by atoms with E-state index in [2.05, 4.69) is 17.2 Å². The van der Waals surface area contributed by atoms with Gasteiger partial charge in [-0.2, -0.15) is 0 Å². The normalized spacial score (nSPS) is 10.9. The number of aromatic nitrogens is 2. The summed E-state index contributed by atoms with van der Waals surface area (Å²) in [7, 11) is 0. The van der Waals surface area contributed by atoms with Gasteiger partial charge in [-0.05, 0) is 43.2 Å². The van der Waals surface area contributed by atoms with Gasteiger partial charge in [-0.1, -0.05) is 49.4 Å². The van der Waals surface area contributed by atoms with Crippen LogP contribution in [-0.4, -0.2) is 34.4 Å². The zero-order chi connectivity index (χ0) is 21.3. The van der Waals surface area contributed by atoms with Gasteiger partial charge in [0.05, 0.1) is 23.2 Å². The molecular weight excluding hydrogens is 398 g/mol. The highest BCUT2D eigenvalue weighted by atomic mass is 32.2. The molecule has 1 aromatic heterocycles. The Kier molecular flexibility index (Phi) is 7.90. The fourth-order valence-corrected chi connectivity index (χ4v) is 3.87. The van der Waals surface area contributed by atoms with E-state index >= 15 is 0 Å². The molecule has 0 atom stereocenters. The molecule has 0 bridgehead atoms. The Morgan fingerprint density at radius 3 is 2.83 bits per heavy atom. The first kappa shape index (κ1) is 21.9. The minimum atomic E-state index is -0.114. The molecule has 0 saturated carbocycles. The highest BCUT2D eigenvalue weighted by molar-refractivity contribution is 7.99. The maximum Gasteiger partial charge on any atom is 0.262 e. The number of benzene rings is 2. The molecule has 0 saturated heterocycles. The van der Waals surface area contributed by atoms with Crippen LogP contribution in [0, 0.1) is 6.92 Å². The van der Waals surface area contributed by atoms with Crippen LogP contribution in [0.15, 0.2) is 58.5 Å². The number of rotatable bonds is 10. The summed E-state index contributed by atoms with van der Waals surface area (Å²) >= 11 is 1.29. The number of carbonyl (C=O) groups excluding carboxylic acids is 1. The van der Waals surface area contributed by atoms with Crippen LogP contribution in [0.25, 0.3) is 10.9 Å². The number of thioether (sulfide) groups is 1. The van der Waals surface area contributed by atoms with Crippen LogP contribution >= 0.6 is 11.8 Å². The van der Waals surface area contributed by atoms with Gasteiger partial charge in [0.15, 0.2) is 5.16 Å². The van der Waals surface area contributed by atoms with Crippen molar-refractivity contribution in [2.75, 3.05) is 18.9 Å². The van der Waals surface area contributed by atoms with Crippen molar-refractivity contribution in [2.45, 2.75) is 38.4 Å². The van der Waals surface area contributed by atoms with Gasteiger partial charge in [-0.25, -0.2) is 4.98 Å². The SMILES string of the molecule is CCCCn1c(SCC(=O)NCCOc2cccc(C)c2)nc2ccccc2c1=O. The number of carbonyl (C=O) groups is 1. The van der Waals surface area contributed by atoms with E-state index in [1.165, 1.54) is 11.8 Å². The van der Waals surface area contributed by atoms with Crippen molar-refractivity contribution in [3.05, 3.63) is 64.4 Å². The quantitative estimate of drug-likeness (QED) is 0.304. The van der Waals surface area contributed by atoms with Crippen LogP contribution in [0.4, 0.5) is 0 Å². The molecule has 1 N–H and O–H groups in total. The van der Waals surface area contributed by atoms with Crippen LogP contribution in [0.2, 0.25) is 0 Å². The lowest BCUT2D eigenvalue weighted by Crippen LogP contribution is -2.30. The number of amides is 1. The van der Waals surface area contributed by atoms with E-state index in [9.17, 15) is 9.59 Å². The van der Waals surface area contributed by atoms with Gasteiger partial charge in [0.2, 0.25) is 5.91 Å². The minimum absolute atomic E-state index is 0.0523. The number of ether oxygens (including phenoxy) is 1. The summed E-state index contributed by atoms with van der Waals surface area (Å²) < 4.78 is 7.33. The van der Waals surface area contributed by atoms with Gasteiger partial charge in [0, 0.05) is 6.54 Å². The number of nitrogens with one attached hydrogen (secondary N) is 1. The third kappa shape index (κ3) is 5.86. The summed E-state index contributed by atoms with van der Waals surface area (Å²) in [4.78, 5) is 29.7. The Morgan fingerprint density at radius 1 is 1.20 bits per heavy atom. The Bertz CT molecular complexity index is 1060. The summed E-state index contributed by atoms with van der Waals surface area (Å²) in [5.74, 6) is 0.873. The molecule has 2 aromatic carbocycles. The van der Waals surface area contributed by atoms with E-state index in [1.807, 2.05) is 49.4 Å². The van der Waals surface area contributed by atoms with Crippen LogP contribution in [0.3, 0.4) is 0 Å². The van der Waals surface area contributed by atoms with E-state index in [0.717, 1.165) is 24.2 Å². The highest BCUT2D eigenvalue weighted by Crippen LogP contribution is 2.18. The second-order valence-electron chi connectivity index (χ2n) is 7.03. The molecule has 0 fully saturated rings. The molecule has 6 nitrogen and oxygen atoms in total. The smallest absolute Gasteiger partial charge is 0.262 e. The predicted octanol–water partition coefficient (Wildman–Crippen LogP) is 3.79. The molecule has 7 heteroatoms. The van der Waals surface area contributed by atoms with Crippen molar-refractivity contribution in [2.24, 2.45) is 0 Å². The molecule has 158 valence electrons. The third-order valence-corrected chi connectivity index (χ3v) is 5.55. The van der Waals surface area contributed by atoms with Crippen LogP contribution in [-0.2, 0) is 11.3 Å². The summed E-state index contributed by atoms with van der Waals surface area (Å²) in [5, 5.41) is 4.04. The van der Waals surface area contributed by atoms with Crippen molar-refractivity contribution in [3.8, 4) is 5.75 Å². The zero-order valence-electron chi connectivity index (χ0n) is 17.4. The van der Waals surface area contributed by atoms with Crippen molar-refractivity contribution >= 4 is 28.6 Å². The van der Waals surface area contributed by atoms with Crippen molar-refractivity contribution in [1.29, 1.82) is 0 Å². The van der Waals surface area contributed by atoms with Gasteiger partial charge < -0.3 is 10.1 Å². The Balaban J connectivity index is 1.57. The Morgan fingerprint density at radius 2 is 2.03 bits per heavy atom. The van der Waals surface area contributed by atoms with E-state index in [-0.39, 0.29) is 17.2 Å². The number of para-hydroxylation sites is 1. The summed E-state index contributed by atoms with van der Waals surface area (Å²) in [6.45, 7) is 5.50. The average Bonchev–Trinajstić information content (AvgIpc) is 2.75. The Labute approximate surface area is 180 Å². The van der Waals surface area contributed by atoms with Crippen molar-refractivity contribution < 1.29 is 9.53 Å². The van der Waals surface area contributed by atoms with E-state index < -0.39 is 0 Å². The van der Waals surface area contributed by atoms with Gasteiger partial charge in [0.1, 0.15) is 12.4 Å². The van der Waals surface area contributed by atoms with Crippen molar-refractivity contribution in [3.63, 3.8) is 0 Å². The number of nitrogens with zero attached hydrogens (tertiary/aromatic N) is 2. The molecule has 30 heavy (non-hydrogen) atoms. The first-order chi connectivity index (χ1) is 14.6. The highest BCUT2D eigenvalue weighted by Gasteiger charge is 2.13. The first-order valence-electron chi connectivity index (χ1n) is 10.2. The number of hydrogen-bond acceptors (Lipinski definition) is 5. The van der Waals surface area contributed by atoms with Crippen LogP contribution in [0.5, 0.6) is 5.75 Å². The van der Waals surface area contributed by atoms with Gasteiger partial charge >= 0.3 is 0 Å². The second kappa shape index (κ2) is 10.8. The summed E-state index contributed by atoms with van der Waals surface area (Å²) in [6, 6.07) is 15.1. The molecule has 0 radical (unpaired) electrons. The molecule has 1 amide bonds.